The summed E-state index contributed by atoms with van der Waals surface area (Å²) in [6.07, 6.45) is 9.06. The van der Waals surface area contributed by atoms with Crippen molar-refractivity contribution in [1.29, 1.82) is 0 Å². The molecule has 25 heavy (non-hydrogen) atoms. The highest BCUT2D eigenvalue weighted by Gasteiger charge is 2.29. The van der Waals surface area contributed by atoms with Gasteiger partial charge in [-0.05, 0) is 37.5 Å². The average Bonchev–Trinajstić information content (AvgIpc) is 3.22. The van der Waals surface area contributed by atoms with Crippen molar-refractivity contribution < 1.29 is 9.59 Å². The van der Waals surface area contributed by atoms with Crippen LogP contribution in [0.4, 0.5) is 0 Å². The number of piperidine rings is 1. The molecule has 0 unspecified atom stereocenters. The van der Waals surface area contributed by atoms with Crippen LogP contribution >= 0.6 is 0 Å². The average molecular weight is 347 g/mol. The molecule has 7 heteroatoms. The lowest BCUT2D eigenvalue weighted by Gasteiger charge is -2.33. The van der Waals surface area contributed by atoms with E-state index in [1.807, 2.05) is 4.90 Å². The van der Waals surface area contributed by atoms with Crippen LogP contribution in [0.25, 0.3) is 0 Å². The van der Waals surface area contributed by atoms with Crippen LogP contribution < -0.4 is 11.1 Å². The summed E-state index contributed by atoms with van der Waals surface area (Å²) < 4.78 is 1.62. The Morgan fingerprint density at radius 2 is 2.04 bits per heavy atom. The molecule has 2 heterocycles. The van der Waals surface area contributed by atoms with E-state index in [1.165, 1.54) is 0 Å². The third-order valence-electron chi connectivity index (χ3n) is 5.64. The van der Waals surface area contributed by atoms with Crippen molar-refractivity contribution in [3.05, 3.63) is 18.0 Å². The maximum atomic E-state index is 12.5. The number of carbonyl (C=O) groups excluding carboxylic acids is 2. The molecule has 1 saturated heterocycles. The van der Waals surface area contributed by atoms with Crippen LogP contribution in [-0.4, -0.2) is 52.2 Å². The fourth-order valence-electron chi connectivity index (χ4n) is 3.94. The number of hydrogen-bond acceptors (Lipinski definition) is 4. The van der Waals surface area contributed by atoms with Gasteiger partial charge in [-0.3, -0.25) is 14.3 Å². The van der Waals surface area contributed by atoms with E-state index in [1.54, 1.807) is 24.1 Å². The normalized spacial score (nSPS) is 24.5. The summed E-state index contributed by atoms with van der Waals surface area (Å²) in [5.74, 6) is 0.962. The molecule has 138 valence electrons. The number of hydrogen-bond donors (Lipinski definition) is 2. The summed E-state index contributed by atoms with van der Waals surface area (Å²) >= 11 is 0. The number of carbonyl (C=O) groups is 2. The zero-order valence-corrected chi connectivity index (χ0v) is 15.0. The maximum Gasteiger partial charge on any atom is 0.254 e. The van der Waals surface area contributed by atoms with Crippen molar-refractivity contribution >= 4 is 11.8 Å². The van der Waals surface area contributed by atoms with E-state index < -0.39 is 0 Å². The number of rotatable bonds is 5. The number of likely N-dealkylation sites (tertiary alicyclic amines) is 1. The van der Waals surface area contributed by atoms with Crippen LogP contribution in [-0.2, 0) is 11.8 Å². The number of nitrogens with zero attached hydrogens (tertiary/aromatic N) is 3. The monoisotopic (exact) mass is 347 g/mol. The third kappa shape index (κ3) is 4.60. The van der Waals surface area contributed by atoms with Crippen molar-refractivity contribution in [2.24, 2.45) is 24.6 Å². The van der Waals surface area contributed by atoms with E-state index >= 15 is 0 Å². The zero-order chi connectivity index (χ0) is 17.8. The molecule has 1 aromatic heterocycles. The number of aryl methyl sites for hydroxylation is 1. The van der Waals surface area contributed by atoms with Gasteiger partial charge in [-0.25, -0.2) is 0 Å². The Kier molecular flexibility index (Phi) is 5.73. The van der Waals surface area contributed by atoms with Gasteiger partial charge in [-0.2, -0.15) is 5.10 Å². The Bertz CT molecular complexity index is 606. The van der Waals surface area contributed by atoms with E-state index in [9.17, 15) is 9.59 Å². The fourth-order valence-corrected chi connectivity index (χ4v) is 3.94. The van der Waals surface area contributed by atoms with Gasteiger partial charge in [0.15, 0.2) is 0 Å². The lowest BCUT2D eigenvalue weighted by Crippen LogP contribution is -2.42. The Morgan fingerprint density at radius 3 is 2.64 bits per heavy atom. The fraction of sp³-hybridized carbons (Fsp3) is 0.722. The molecule has 0 radical (unpaired) electrons. The number of nitrogens with two attached hydrogens (primary N) is 1. The van der Waals surface area contributed by atoms with Crippen molar-refractivity contribution in [1.82, 2.24) is 20.0 Å². The summed E-state index contributed by atoms with van der Waals surface area (Å²) in [7, 11) is 1.79. The van der Waals surface area contributed by atoms with Crippen molar-refractivity contribution in [3.8, 4) is 0 Å². The van der Waals surface area contributed by atoms with Crippen molar-refractivity contribution in [3.63, 3.8) is 0 Å². The van der Waals surface area contributed by atoms with Crippen LogP contribution in [0.1, 0.15) is 48.9 Å². The molecule has 0 aromatic carbocycles. The second-order valence-corrected chi connectivity index (χ2v) is 7.50. The van der Waals surface area contributed by atoms with Crippen LogP contribution in [0.2, 0.25) is 0 Å². The zero-order valence-electron chi connectivity index (χ0n) is 15.0. The standard InChI is InChI=1S/C18H29N5O2/c1-22-12-15(11-21-22)18(25)20-10-13-5-7-23(8-6-13)17(24)9-14-3-2-4-16(14)19/h11-14,16H,2-10,19H2,1H3,(H,20,25)/t14-,16+/m0/s1. The Morgan fingerprint density at radius 1 is 1.28 bits per heavy atom. The molecule has 2 aliphatic rings. The van der Waals surface area contributed by atoms with E-state index in [4.69, 9.17) is 5.73 Å². The Balaban J connectivity index is 1.38. The van der Waals surface area contributed by atoms with Gasteiger partial charge in [-0.1, -0.05) is 6.42 Å². The molecule has 3 N–H and O–H groups in total. The summed E-state index contributed by atoms with van der Waals surface area (Å²) in [5.41, 5.74) is 6.67. The van der Waals surface area contributed by atoms with E-state index in [-0.39, 0.29) is 17.9 Å². The Hall–Kier alpha value is -1.89. The van der Waals surface area contributed by atoms with Crippen molar-refractivity contribution in [2.75, 3.05) is 19.6 Å². The second-order valence-electron chi connectivity index (χ2n) is 7.50. The first-order valence-electron chi connectivity index (χ1n) is 9.33. The van der Waals surface area contributed by atoms with Gasteiger partial charge in [0.1, 0.15) is 0 Å². The molecule has 2 atom stereocenters. The van der Waals surface area contributed by atoms with Crippen LogP contribution in [0.15, 0.2) is 12.4 Å². The summed E-state index contributed by atoms with van der Waals surface area (Å²) in [6, 6.07) is 0.198. The topological polar surface area (TPSA) is 93.2 Å². The predicted octanol–water partition coefficient (Wildman–Crippen LogP) is 0.906. The summed E-state index contributed by atoms with van der Waals surface area (Å²) in [5, 5.41) is 6.99. The molecule has 0 bridgehead atoms. The minimum absolute atomic E-state index is 0.0816. The van der Waals surface area contributed by atoms with E-state index in [0.29, 0.717) is 30.4 Å². The molecule has 2 fully saturated rings. The Labute approximate surface area is 148 Å². The second kappa shape index (κ2) is 7.99. The van der Waals surface area contributed by atoms with Crippen LogP contribution in [0.3, 0.4) is 0 Å². The predicted molar refractivity (Wildman–Crippen MR) is 94.8 cm³/mol. The van der Waals surface area contributed by atoms with Gasteiger partial charge >= 0.3 is 0 Å². The van der Waals surface area contributed by atoms with E-state index in [2.05, 4.69) is 10.4 Å². The van der Waals surface area contributed by atoms with Gasteiger partial charge in [0.2, 0.25) is 5.91 Å². The summed E-state index contributed by atoms with van der Waals surface area (Å²) in [6.45, 7) is 2.23. The number of aromatic nitrogens is 2. The van der Waals surface area contributed by atoms with Gasteiger partial charge in [0, 0.05) is 45.3 Å². The first-order chi connectivity index (χ1) is 12.0. The highest BCUT2D eigenvalue weighted by Crippen LogP contribution is 2.28. The highest BCUT2D eigenvalue weighted by molar-refractivity contribution is 5.93. The first kappa shape index (κ1) is 17.9. The maximum absolute atomic E-state index is 12.5. The molecular weight excluding hydrogens is 318 g/mol. The minimum atomic E-state index is -0.0816. The molecule has 1 aliphatic heterocycles. The highest BCUT2D eigenvalue weighted by atomic mass is 16.2. The molecule has 1 aliphatic carbocycles. The molecule has 7 nitrogen and oxygen atoms in total. The smallest absolute Gasteiger partial charge is 0.254 e. The largest absolute Gasteiger partial charge is 0.352 e. The molecule has 1 aromatic rings. The molecule has 0 spiro atoms. The van der Waals surface area contributed by atoms with E-state index in [0.717, 1.165) is 45.2 Å². The third-order valence-corrected chi connectivity index (χ3v) is 5.64. The molecule has 1 saturated carbocycles. The molecule has 3 rings (SSSR count). The molecule has 2 amide bonds. The lowest BCUT2D eigenvalue weighted by molar-refractivity contribution is -0.133. The number of nitrogens with one attached hydrogen (secondary N) is 1. The first-order valence-corrected chi connectivity index (χ1v) is 9.33. The SMILES string of the molecule is Cn1cc(C(=O)NCC2CCN(C(=O)C[C@@H]3CCC[C@H]3N)CC2)cn1. The van der Waals surface area contributed by atoms with Gasteiger partial charge in [-0.15, -0.1) is 0 Å². The minimum Gasteiger partial charge on any atom is -0.352 e. The van der Waals surface area contributed by atoms with Crippen LogP contribution in [0, 0.1) is 11.8 Å². The number of amides is 2. The van der Waals surface area contributed by atoms with Gasteiger partial charge < -0.3 is 16.0 Å². The van der Waals surface area contributed by atoms with Crippen LogP contribution in [0.5, 0.6) is 0 Å². The van der Waals surface area contributed by atoms with Gasteiger partial charge in [0.25, 0.3) is 5.91 Å². The molecular formula is C18H29N5O2. The lowest BCUT2D eigenvalue weighted by atomic mass is 9.94. The van der Waals surface area contributed by atoms with Gasteiger partial charge in [0.05, 0.1) is 11.8 Å². The summed E-state index contributed by atoms with van der Waals surface area (Å²) in [4.78, 5) is 26.5. The quantitative estimate of drug-likeness (QED) is 0.828. The van der Waals surface area contributed by atoms with Crippen molar-refractivity contribution in [2.45, 2.75) is 44.6 Å².